The molecule has 1 aliphatic carbocycles. The van der Waals surface area contributed by atoms with Crippen LogP contribution in [0.25, 0.3) is 0 Å². The van der Waals surface area contributed by atoms with Gasteiger partial charge in [-0.1, -0.05) is 62.6 Å². The van der Waals surface area contributed by atoms with Crippen molar-refractivity contribution in [1.29, 1.82) is 0 Å². The number of alkyl halides is 1. The number of nitrogens with zero attached hydrogens (tertiary/aromatic N) is 1. The molecule has 2 amide bonds. The van der Waals surface area contributed by atoms with Gasteiger partial charge in [-0.2, -0.15) is 0 Å². The van der Waals surface area contributed by atoms with Crippen LogP contribution < -0.4 is 14.8 Å². The van der Waals surface area contributed by atoms with Gasteiger partial charge >= 0.3 is 0 Å². The zero-order valence-corrected chi connectivity index (χ0v) is 20.9. The molecule has 6 nitrogen and oxygen atoms in total. The minimum Gasteiger partial charge on any atom is -0.493 e. The molecule has 1 saturated carbocycles. The number of amides is 2. The highest BCUT2D eigenvalue weighted by molar-refractivity contribution is 6.27. The Balaban J connectivity index is 1.99. The first-order valence-electron chi connectivity index (χ1n) is 12.1. The predicted octanol–water partition coefficient (Wildman–Crippen LogP) is 5.24. The maximum atomic E-state index is 13.7. The van der Waals surface area contributed by atoms with Crippen molar-refractivity contribution in [3.05, 3.63) is 59.7 Å². The Labute approximate surface area is 207 Å². The molecule has 2 aromatic rings. The molecule has 1 aliphatic rings. The van der Waals surface area contributed by atoms with Crippen molar-refractivity contribution in [3.63, 3.8) is 0 Å². The van der Waals surface area contributed by atoms with E-state index in [1.807, 2.05) is 43.3 Å². The second-order valence-electron chi connectivity index (χ2n) is 8.65. The largest absolute Gasteiger partial charge is 0.493 e. The van der Waals surface area contributed by atoms with Crippen LogP contribution in [0.2, 0.25) is 0 Å². The molecule has 0 aliphatic heterocycles. The predicted molar refractivity (Wildman–Crippen MR) is 134 cm³/mol. The lowest BCUT2D eigenvalue weighted by Crippen LogP contribution is -2.47. The standard InChI is InChI=1S/C27H35ClN2O4/c1-3-16-34-23-15-14-21(17-24(23)33-2)26(27(32)29-22-12-8-5-9-13-22)30(25(31)18-28)19-20-10-6-4-7-11-20/h4,6-7,10-11,14-15,17,22,26H,3,5,8-9,12-13,16,18-19H2,1-2H3,(H,29,32). The third-order valence-electron chi connectivity index (χ3n) is 6.11. The molecule has 0 bridgehead atoms. The van der Waals surface area contributed by atoms with E-state index in [1.54, 1.807) is 24.1 Å². The number of halogens is 1. The molecule has 0 spiro atoms. The van der Waals surface area contributed by atoms with Crippen LogP contribution in [0.5, 0.6) is 11.5 Å². The van der Waals surface area contributed by atoms with Crippen LogP contribution in [0, 0.1) is 0 Å². The Morgan fingerprint density at radius 3 is 2.47 bits per heavy atom. The molecule has 3 rings (SSSR count). The molecule has 184 valence electrons. The van der Waals surface area contributed by atoms with E-state index in [2.05, 4.69) is 5.32 Å². The number of methoxy groups -OCH3 is 1. The molecule has 2 aromatic carbocycles. The molecule has 0 heterocycles. The Morgan fingerprint density at radius 2 is 1.82 bits per heavy atom. The van der Waals surface area contributed by atoms with Gasteiger partial charge in [0.15, 0.2) is 11.5 Å². The summed E-state index contributed by atoms with van der Waals surface area (Å²) in [5.74, 6) is 0.414. The molecule has 1 fully saturated rings. The minimum absolute atomic E-state index is 0.113. The highest BCUT2D eigenvalue weighted by Crippen LogP contribution is 2.34. The summed E-state index contributed by atoms with van der Waals surface area (Å²) in [5, 5.41) is 3.20. The van der Waals surface area contributed by atoms with E-state index in [0.717, 1.165) is 37.7 Å². The SMILES string of the molecule is CCCOc1ccc(C(C(=O)NC2CCCCC2)N(Cc2ccccc2)C(=O)CCl)cc1OC. The fourth-order valence-electron chi connectivity index (χ4n) is 4.37. The monoisotopic (exact) mass is 486 g/mol. The van der Waals surface area contributed by atoms with Crippen LogP contribution in [0.4, 0.5) is 0 Å². The number of hydrogen-bond donors (Lipinski definition) is 1. The van der Waals surface area contributed by atoms with E-state index in [-0.39, 0.29) is 30.3 Å². The van der Waals surface area contributed by atoms with Crippen LogP contribution in [0.15, 0.2) is 48.5 Å². The first-order chi connectivity index (χ1) is 16.6. The van der Waals surface area contributed by atoms with Gasteiger partial charge in [-0.15, -0.1) is 11.6 Å². The normalized spacial score (nSPS) is 14.8. The summed E-state index contributed by atoms with van der Waals surface area (Å²) in [6.45, 7) is 2.86. The van der Waals surface area contributed by atoms with Crippen molar-refractivity contribution >= 4 is 23.4 Å². The Morgan fingerprint density at radius 1 is 1.09 bits per heavy atom. The number of hydrogen-bond acceptors (Lipinski definition) is 4. The van der Waals surface area contributed by atoms with Gasteiger partial charge in [-0.05, 0) is 42.5 Å². The summed E-state index contributed by atoms with van der Waals surface area (Å²) < 4.78 is 11.4. The van der Waals surface area contributed by atoms with Crippen LogP contribution in [0.1, 0.15) is 62.6 Å². The van der Waals surface area contributed by atoms with Crippen LogP contribution >= 0.6 is 11.6 Å². The molecular formula is C27H35ClN2O4. The molecule has 1 atom stereocenters. The smallest absolute Gasteiger partial charge is 0.247 e. The van der Waals surface area contributed by atoms with Crippen molar-refractivity contribution in [2.45, 2.75) is 64.1 Å². The minimum atomic E-state index is -0.845. The van der Waals surface area contributed by atoms with E-state index in [0.29, 0.717) is 23.7 Å². The number of carbonyl (C=O) groups excluding carboxylic acids is 2. The number of nitrogens with one attached hydrogen (secondary N) is 1. The van der Waals surface area contributed by atoms with Crippen molar-refractivity contribution in [2.75, 3.05) is 19.6 Å². The molecule has 0 aromatic heterocycles. The summed E-state index contributed by atoms with van der Waals surface area (Å²) in [5.41, 5.74) is 1.58. The van der Waals surface area contributed by atoms with E-state index in [4.69, 9.17) is 21.1 Å². The van der Waals surface area contributed by atoms with Crippen molar-refractivity contribution in [1.82, 2.24) is 10.2 Å². The molecule has 7 heteroatoms. The third kappa shape index (κ3) is 6.89. The second kappa shape index (κ2) is 13.2. The Kier molecular flexibility index (Phi) is 10.1. The number of rotatable bonds is 11. The average Bonchev–Trinajstić information content (AvgIpc) is 2.88. The zero-order chi connectivity index (χ0) is 24.3. The highest BCUT2D eigenvalue weighted by Gasteiger charge is 2.33. The van der Waals surface area contributed by atoms with Crippen LogP contribution in [-0.2, 0) is 16.1 Å². The van der Waals surface area contributed by atoms with Gasteiger partial charge in [0.05, 0.1) is 13.7 Å². The average molecular weight is 487 g/mol. The van der Waals surface area contributed by atoms with Gasteiger partial charge in [0, 0.05) is 12.6 Å². The van der Waals surface area contributed by atoms with Crippen molar-refractivity contribution in [3.8, 4) is 11.5 Å². The molecule has 0 saturated heterocycles. The van der Waals surface area contributed by atoms with E-state index >= 15 is 0 Å². The van der Waals surface area contributed by atoms with Gasteiger partial charge in [0.25, 0.3) is 0 Å². The van der Waals surface area contributed by atoms with Crippen molar-refractivity contribution in [2.24, 2.45) is 0 Å². The van der Waals surface area contributed by atoms with Crippen LogP contribution in [0.3, 0.4) is 0 Å². The molecule has 1 N–H and O–H groups in total. The number of benzene rings is 2. The first kappa shape index (κ1) is 25.9. The zero-order valence-electron chi connectivity index (χ0n) is 20.1. The van der Waals surface area contributed by atoms with E-state index < -0.39 is 6.04 Å². The number of ether oxygens (including phenoxy) is 2. The topological polar surface area (TPSA) is 67.9 Å². The summed E-state index contributed by atoms with van der Waals surface area (Å²) in [7, 11) is 1.57. The number of carbonyl (C=O) groups is 2. The highest BCUT2D eigenvalue weighted by atomic mass is 35.5. The molecule has 34 heavy (non-hydrogen) atoms. The Bertz CT molecular complexity index is 931. The van der Waals surface area contributed by atoms with Gasteiger partial charge in [-0.3, -0.25) is 9.59 Å². The van der Waals surface area contributed by atoms with E-state index in [1.165, 1.54) is 6.42 Å². The third-order valence-corrected chi connectivity index (χ3v) is 6.34. The summed E-state index contributed by atoms with van der Waals surface area (Å²) in [6, 6.07) is 14.3. The van der Waals surface area contributed by atoms with Gasteiger partial charge in [0.1, 0.15) is 11.9 Å². The lowest BCUT2D eigenvalue weighted by atomic mass is 9.94. The fourth-order valence-corrected chi connectivity index (χ4v) is 4.52. The summed E-state index contributed by atoms with van der Waals surface area (Å²) >= 11 is 6.01. The summed E-state index contributed by atoms with van der Waals surface area (Å²) in [4.78, 5) is 28.3. The maximum absolute atomic E-state index is 13.7. The second-order valence-corrected chi connectivity index (χ2v) is 8.91. The fraction of sp³-hybridized carbons (Fsp3) is 0.481. The van der Waals surface area contributed by atoms with Gasteiger partial charge in [0.2, 0.25) is 11.8 Å². The van der Waals surface area contributed by atoms with Crippen LogP contribution in [-0.4, -0.2) is 42.4 Å². The Hall–Kier alpha value is -2.73. The first-order valence-corrected chi connectivity index (χ1v) is 12.6. The molecule has 0 radical (unpaired) electrons. The molecule has 1 unspecified atom stereocenters. The lowest BCUT2D eigenvalue weighted by molar-refractivity contribution is -0.140. The van der Waals surface area contributed by atoms with Crippen molar-refractivity contribution < 1.29 is 19.1 Å². The van der Waals surface area contributed by atoms with Gasteiger partial charge in [-0.25, -0.2) is 0 Å². The maximum Gasteiger partial charge on any atom is 0.247 e. The lowest BCUT2D eigenvalue weighted by Gasteiger charge is -2.33. The molecular weight excluding hydrogens is 452 g/mol. The van der Waals surface area contributed by atoms with E-state index in [9.17, 15) is 9.59 Å². The van der Waals surface area contributed by atoms with Gasteiger partial charge < -0.3 is 19.7 Å². The quantitative estimate of drug-likeness (QED) is 0.441. The summed E-state index contributed by atoms with van der Waals surface area (Å²) in [6.07, 6.45) is 6.16.